The SMILES string of the molecule is CCCC1=CN(CCCCl)C(=O)Cc2cc(OC)c(OC)cc21. The number of methoxy groups -OCH3 is 2. The largest absolute Gasteiger partial charge is 0.493 e. The van der Waals surface area contributed by atoms with Gasteiger partial charge in [0, 0.05) is 18.6 Å². The van der Waals surface area contributed by atoms with Crippen LogP contribution in [0.25, 0.3) is 5.57 Å². The summed E-state index contributed by atoms with van der Waals surface area (Å²) in [6.07, 6.45) is 5.05. The molecular weight excluding hydrogens is 314 g/mol. The first kappa shape index (κ1) is 17.7. The minimum atomic E-state index is 0.0923. The third-order valence-electron chi connectivity index (χ3n) is 3.98. The molecule has 0 bridgehead atoms. The molecule has 0 fully saturated rings. The summed E-state index contributed by atoms with van der Waals surface area (Å²) in [7, 11) is 3.24. The molecule has 1 aromatic rings. The van der Waals surface area contributed by atoms with Crippen molar-refractivity contribution >= 4 is 23.1 Å². The Kier molecular flexibility index (Phi) is 6.34. The van der Waals surface area contributed by atoms with E-state index in [0.29, 0.717) is 30.3 Å². The molecule has 0 spiro atoms. The number of rotatable bonds is 7. The first-order valence-electron chi connectivity index (χ1n) is 7.96. The maximum absolute atomic E-state index is 12.6. The van der Waals surface area contributed by atoms with E-state index in [1.165, 1.54) is 0 Å². The molecule has 4 nitrogen and oxygen atoms in total. The average Bonchev–Trinajstić information content (AvgIpc) is 2.68. The summed E-state index contributed by atoms with van der Waals surface area (Å²) in [6, 6.07) is 3.90. The maximum Gasteiger partial charge on any atom is 0.230 e. The van der Waals surface area contributed by atoms with Gasteiger partial charge in [-0.05, 0) is 41.7 Å². The van der Waals surface area contributed by atoms with Crippen LogP contribution in [0.4, 0.5) is 0 Å². The quantitative estimate of drug-likeness (QED) is 0.709. The van der Waals surface area contributed by atoms with Gasteiger partial charge in [-0.3, -0.25) is 4.79 Å². The molecular formula is C18H24ClNO3. The van der Waals surface area contributed by atoms with Crippen molar-refractivity contribution in [3.05, 3.63) is 29.5 Å². The van der Waals surface area contributed by atoms with Gasteiger partial charge in [0.15, 0.2) is 11.5 Å². The monoisotopic (exact) mass is 337 g/mol. The van der Waals surface area contributed by atoms with Crippen LogP contribution >= 0.6 is 11.6 Å². The standard InChI is InChI=1S/C18H24ClNO3/c1-4-6-13-12-20(8-5-7-19)18(21)10-14-9-16(22-2)17(23-3)11-15(13)14/h9,11-12H,4-8,10H2,1-3H3. The number of fused-ring (bicyclic) bond motifs is 1. The fourth-order valence-electron chi connectivity index (χ4n) is 2.85. The zero-order valence-electron chi connectivity index (χ0n) is 14.0. The van der Waals surface area contributed by atoms with Crippen LogP contribution in [0.1, 0.15) is 37.3 Å². The van der Waals surface area contributed by atoms with Gasteiger partial charge in [0.1, 0.15) is 0 Å². The van der Waals surface area contributed by atoms with Gasteiger partial charge in [-0.2, -0.15) is 0 Å². The normalized spacial score (nSPS) is 14.2. The van der Waals surface area contributed by atoms with Crippen molar-refractivity contribution in [2.45, 2.75) is 32.6 Å². The van der Waals surface area contributed by atoms with E-state index in [1.807, 2.05) is 18.3 Å². The van der Waals surface area contributed by atoms with Crippen LogP contribution in [0.15, 0.2) is 18.3 Å². The Morgan fingerprint density at radius 3 is 2.52 bits per heavy atom. The van der Waals surface area contributed by atoms with Crippen LogP contribution < -0.4 is 9.47 Å². The fraction of sp³-hybridized carbons (Fsp3) is 0.500. The van der Waals surface area contributed by atoms with E-state index in [4.69, 9.17) is 21.1 Å². The molecule has 0 radical (unpaired) electrons. The number of carbonyl (C=O) groups is 1. The summed E-state index contributed by atoms with van der Waals surface area (Å²) in [5.41, 5.74) is 3.22. The Hall–Kier alpha value is -1.68. The number of allylic oxidation sites excluding steroid dienone is 1. The van der Waals surface area contributed by atoms with Gasteiger partial charge in [0.25, 0.3) is 0 Å². The van der Waals surface area contributed by atoms with E-state index >= 15 is 0 Å². The second kappa shape index (κ2) is 8.25. The minimum absolute atomic E-state index is 0.0923. The highest BCUT2D eigenvalue weighted by molar-refractivity contribution is 6.17. The van der Waals surface area contributed by atoms with Crippen molar-refractivity contribution in [3.63, 3.8) is 0 Å². The number of benzene rings is 1. The first-order chi connectivity index (χ1) is 11.1. The molecule has 2 rings (SSSR count). The molecule has 0 unspecified atom stereocenters. The third-order valence-corrected chi connectivity index (χ3v) is 4.25. The number of ether oxygens (including phenoxy) is 2. The number of alkyl halides is 1. The van der Waals surface area contributed by atoms with Crippen molar-refractivity contribution < 1.29 is 14.3 Å². The molecule has 0 atom stereocenters. The van der Waals surface area contributed by atoms with Crippen molar-refractivity contribution in [1.82, 2.24) is 4.90 Å². The minimum Gasteiger partial charge on any atom is -0.493 e. The van der Waals surface area contributed by atoms with Crippen LogP contribution in [0.3, 0.4) is 0 Å². The Bertz CT molecular complexity index is 598. The molecule has 0 aromatic heterocycles. The van der Waals surface area contributed by atoms with Crippen molar-refractivity contribution in [2.75, 3.05) is 26.6 Å². The van der Waals surface area contributed by atoms with Gasteiger partial charge in [0.05, 0.1) is 20.6 Å². The topological polar surface area (TPSA) is 38.8 Å². The van der Waals surface area contributed by atoms with Gasteiger partial charge in [-0.25, -0.2) is 0 Å². The predicted octanol–water partition coefficient (Wildman–Crippen LogP) is 3.86. The van der Waals surface area contributed by atoms with E-state index in [1.54, 1.807) is 19.1 Å². The molecule has 0 saturated heterocycles. The van der Waals surface area contributed by atoms with E-state index < -0.39 is 0 Å². The van der Waals surface area contributed by atoms with E-state index in [9.17, 15) is 4.79 Å². The second-order valence-corrected chi connectivity index (χ2v) is 5.95. The number of carbonyl (C=O) groups excluding carboxylic acids is 1. The van der Waals surface area contributed by atoms with Crippen molar-refractivity contribution in [3.8, 4) is 11.5 Å². The lowest BCUT2D eigenvalue weighted by molar-refractivity contribution is -0.127. The first-order valence-corrected chi connectivity index (χ1v) is 8.49. The molecule has 0 aliphatic carbocycles. The van der Waals surface area contributed by atoms with Crippen molar-refractivity contribution in [2.24, 2.45) is 0 Å². The Morgan fingerprint density at radius 2 is 1.91 bits per heavy atom. The molecule has 1 amide bonds. The predicted molar refractivity (Wildman–Crippen MR) is 93.2 cm³/mol. The van der Waals surface area contributed by atoms with Crippen LogP contribution in [0.2, 0.25) is 0 Å². The second-order valence-electron chi connectivity index (χ2n) is 5.58. The van der Waals surface area contributed by atoms with Crippen LogP contribution in [-0.2, 0) is 11.2 Å². The summed E-state index contributed by atoms with van der Waals surface area (Å²) in [5.74, 6) is 1.99. The van der Waals surface area contributed by atoms with Crippen LogP contribution in [0.5, 0.6) is 11.5 Å². The van der Waals surface area contributed by atoms with Crippen LogP contribution in [0, 0.1) is 0 Å². The number of hydrogen-bond acceptors (Lipinski definition) is 3. The molecule has 1 heterocycles. The summed E-state index contributed by atoms with van der Waals surface area (Å²) < 4.78 is 10.8. The highest BCUT2D eigenvalue weighted by Crippen LogP contribution is 2.37. The number of nitrogens with zero attached hydrogens (tertiary/aromatic N) is 1. The lowest BCUT2D eigenvalue weighted by Gasteiger charge is -2.17. The summed E-state index contributed by atoms with van der Waals surface area (Å²) in [4.78, 5) is 14.4. The van der Waals surface area contributed by atoms with E-state index in [-0.39, 0.29) is 5.91 Å². The van der Waals surface area contributed by atoms with Crippen molar-refractivity contribution in [1.29, 1.82) is 0 Å². The average molecular weight is 338 g/mol. The smallest absolute Gasteiger partial charge is 0.230 e. The molecule has 23 heavy (non-hydrogen) atoms. The maximum atomic E-state index is 12.6. The molecule has 5 heteroatoms. The Morgan fingerprint density at radius 1 is 1.22 bits per heavy atom. The third kappa shape index (κ3) is 3.99. The molecule has 1 aliphatic heterocycles. The zero-order valence-corrected chi connectivity index (χ0v) is 14.8. The van der Waals surface area contributed by atoms with Gasteiger partial charge < -0.3 is 14.4 Å². The van der Waals surface area contributed by atoms with E-state index in [0.717, 1.165) is 36.0 Å². The summed E-state index contributed by atoms with van der Waals surface area (Å²) in [6.45, 7) is 2.79. The molecule has 0 saturated carbocycles. The summed E-state index contributed by atoms with van der Waals surface area (Å²) in [5, 5.41) is 0. The molecule has 1 aliphatic rings. The van der Waals surface area contributed by atoms with Crippen LogP contribution in [-0.4, -0.2) is 37.5 Å². The number of amides is 1. The van der Waals surface area contributed by atoms with Gasteiger partial charge >= 0.3 is 0 Å². The van der Waals surface area contributed by atoms with E-state index in [2.05, 4.69) is 6.92 Å². The molecule has 126 valence electrons. The molecule has 0 N–H and O–H groups in total. The van der Waals surface area contributed by atoms with Gasteiger partial charge in [0.2, 0.25) is 5.91 Å². The number of halogens is 1. The summed E-state index contributed by atoms with van der Waals surface area (Å²) >= 11 is 5.78. The van der Waals surface area contributed by atoms with Gasteiger partial charge in [-0.1, -0.05) is 13.3 Å². The number of hydrogen-bond donors (Lipinski definition) is 0. The fourth-order valence-corrected chi connectivity index (χ4v) is 2.97. The highest BCUT2D eigenvalue weighted by Gasteiger charge is 2.23. The lowest BCUT2D eigenvalue weighted by atomic mass is 9.95. The zero-order chi connectivity index (χ0) is 16.8. The lowest BCUT2D eigenvalue weighted by Crippen LogP contribution is -2.27. The Balaban J connectivity index is 2.48. The highest BCUT2D eigenvalue weighted by atomic mass is 35.5. The van der Waals surface area contributed by atoms with Gasteiger partial charge in [-0.15, -0.1) is 11.6 Å². The Labute approximate surface area is 143 Å². The molecule has 1 aromatic carbocycles.